The van der Waals surface area contributed by atoms with E-state index in [2.05, 4.69) is 25.9 Å². The zero-order chi connectivity index (χ0) is 19.3. The lowest BCUT2D eigenvalue weighted by atomic mass is 10.2. The lowest BCUT2D eigenvalue weighted by Gasteiger charge is -2.06. The predicted molar refractivity (Wildman–Crippen MR) is 103 cm³/mol. The van der Waals surface area contributed by atoms with Crippen LogP contribution in [0.5, 0.6) is 5.75 Å². The zero-order valence-corrected chi connectivity index (χ0v) is 15.1. The molecule has 0 saturated heterocycles. The molecule has 28 heavy (non-hydrogen) atoms. The number of nitrogens with zero attached hydrogens (tertiary/aromatic N) is 4. The predicted octanol–water partition coefficient (Wildman–Crippen LogP) is 2.26. The number of fused-ring (bicyclic) bond motifs is 1. The Kier molecular flexibility index (Phi) is 4.87. The van der Waals surface area contributed by atoms with Crippen molar-refractivity contribution in [3.8, 4) is 11.6 Å². The molecular weight excluding hydrogens is 360 g/mol. The third-order valence-corrected chi connectivity index (χ3v) is 4.06. The van der Waals surface area contributed by atoms with E-state index in [-0.39, 0.29) is 11.7 Å². The molecule has 0 aliphatic rings. The fourth-order valence-electron chi connectivity index (χ4n) is 2.71. The molecule has 0 bridgehead atoms. The monoisotopic (exact) mass is 378 g/mol. The second kappa shape index (κ2) is 7.78. The maximum atomic E-state index is 12.3. The maximum absolute atomic E-state index is 12.3. The van der Waals surface area contributed by atoms with Gasteiger partial charge in [0.15, 0.2) is 22.9 Å². The van der Waals surface area contributed by atoms with Gasteiger partial charge in [0.2, 0.25) is 0 Å². The van der Waals surface area contributed by atoms with Crippen LogP contribution in [0.2, 0.25) is 0 Å². The van der Waals surface area contributed by atoms with E-state index >= 15 is 0 Å². The van der Waals surface area contributed by atoms with Gasteiger partial charge in [-0.1, -0.05) is 12.1 Å². The van der Waals surface area contributed by atoms with Gasteiger partial charge in [-0.15, -0.1) is 10.2 Å². The molecule has 0 aliphatic carbocycles. The lowest BCUT2D eigenvalue weighted by Crippen LogP contribution is -2.28. The molecule has 142 valence electrons. The molecule has 9 nitrogen and oxygen atoms in total. The summed E-state index contributed by atoms with van der Waals surface area (Å²) in [5, 5.41) is 19.0. The number of hydrogen-bond acceptors (Lipinski definition) is 7. The largest absolute Gasteiger partial charge is 0.493 e. The molecule has 0 fully saturated rings. The number of carbonyl (C=O) groups is 1. The van der Waals surface area contributed by atoms with E-state index in [0.717, 1.165) is 5.39 Å². The van der Waals surface area contributed by atoms with Crippen molar-refractivity contribution in [1.29, 1.82) is 0 Å². The molecule has 1 amide bonds. The first-order chi connectivity index (χ1) is 13.7. The number of rotatable bonds is 7. The Bertz CT molecular complexity index is 1070. The highest BCUT2D eigenvalue weighted by Gasteiger charge is 2.14. The van der Waals surface area contributed by atoms with Crippen molar-refractivity contribution in [3.63, 3.8) is 0 Å². The zero-order valence-electron chi connectivity index (χ0n) is 15.1. The highest BCUT2D eigenvalue weighted by atomic mass is 16.5. The minimum absolute atomic E-state index is 0.239. The summed E-state index contributed by atoms with van der Waals surface area (Å²) in [5.41, 5.74) is 0.556. The van der Waals surface area contributed by atoms with Crippen LogP contribution in [0.15, 0.2) is 59.3 Å². The van der Waals surface area contributed by atoms with E-state index in [9.17, 15) is 4.79 Å². The van der Waals surface area contributed by atoms with Crippen LogP contribution < -0.4 is 15.4 Å². The topological polar surface area (TPSA) is 107 Å². The van der Waals surface area contributed by atoms with Crippen molar-refractivity contribution in [2.75, 3.05) is 25.5 Å². The van der Waals surface area contributed by atoms with Crippen LogP contribution in [0.3, 0.4) is 0 Å². The molecule has 1 aromatic carbocycles. The van der Waals surface area contributed by atoms with Crippen molar-refractivity contribution in [3.05, 3.63) is 60.6 Å². The van der Waals surface area contributed by atoms with E-state index in [1.54, 1.807) is 42.4 Å². The first-order valence-corrected chi connectivity index (χ1v) is 8.67. The van der Waals surface area contributed by atoms with E-state index < -0.39 is 0 Å². The molecule has 4 rings (SSSR count). The Morgan fingerprint density at radius 1 is 1.18 bits per heavy atom. The van der Waals surface area contributed by atoms with Crippen molar-refractivity contribution >= 4 is 22.7 Å². The van der Waals surface area contributed by atoms with E-state index in [4.69, 9.17) is 9.15 Å². The van der Waals surface area contributed by atoms with Crippen LogP contribution in [0.4, 0.5) is 5.82 Å². The molecule has 0 atom stereocenters. The molecule has 3 heterocycles. The SMILES string of the molecule is COc1cccc2cc(C(=O)NCCNc3ccc(-n4cccn4)nn3)oc12. The van der Waals surface area contributed by atoms with Gasteiger partial charge in [0.25, 0.3) is 5.91 Å². The third-order valence-electron chi connectivity index (χ3n) is 4.06. The number of aromatic nitrogens is 4. The summed E-state index contributed by atoms with van der Waals surface area (Å²) >= 11 is 0. The fourth-order valence-corrected chi connectivity index (χ4v) is 2.71. The third kappa shape index (κ3) is 3.63. The average Bonchev–Trinajstić information content (AvgIpc) is 3.41. The molecule has 0 saturated carbocycles. The Hall–Kier alpha value is -3.88. The van der Waals surface area contributed by atoms with Gasteiger partial charge >= 0.3 is 0 Å². The van der Waals surface area contributed by atoms with E-state index in [1.165, 1.54) is 0 Å². The minimum Gasteiger partial charge on any atom is -0.493 e. The van der Waals surface area contributed by atoms with Crippen LogP contribution in [-0.4, -0.2) is 46.1 Å². The number of amides is 1. The summed E-state index contributed by atoms with van der Waals surface area (Å²) < 4.78 is 12.5. The Morgan fingerprint density at radius 2 is 2.11 bits per heavy atom. The quantitative estimate of drug-likeness (QED) is 0.475. The molecule has 2 N–H and O–H groups in total. The number of benzene rings is 1. The van der Waals surface area contributed by atoms with Crippen molar-refractivity contribution in [1.82, 2.24) is 25.3 Å². The second-order valence-corrected chi connectivity index (χ2v) is 5.90. The van der Waals surface area contributed by atoms with Crippen LogP contribution in [-0.2, 0) is 0 Å². The number of carbonyl (C=O) groups excluding carboxylic acids is 1. The molecule has 3 aromatic heterocycles. The minimum atomic E-state index is -0.292. The van der Waals surface area contributed by atoms with Gasteiger partial charge in [-0.25, -0.2) is 4.68 Å². The van der Waals surface area contributed by atoms with Gasteiger partial charge < -0.3 is 19.8 Å². The Morgan fingerprint density at radius 3 is 2.86 bits per heavy atom. The van der Waals surface area contributed by atoms with Crippen LogP contribution in [0, 0.1) is 0 Å². The van der Waals surface area contributed by atoms with Crippen molar-refractivity contribution < 1.29 is 13.9 Å². The summed E-state index contributed by atoms with van der Waals surface area (Å²) in [6.45, 7) is 0.890. The molecule has 4 aromatic rings. The molecular formula is C19H18N6O3. The number of ether oxygens (including phenoxy) is 1. The van der Waals surface area contributed by atoms with E-state index in [1.807, 2.05) is 24.3 Å². The highest BCUT2D eigenvalue weighted by Crippen LogP contribution is 2.28. The average molecular weight is 378 g/mol. The van der Waals surface area contributed by atoms with Gasteiger partial charge in [-0.05, 0) is 30.3 Å². The molecule has 9 heteroatoms. The normalized spacial score (nSPS) is 10.8. The molecule has 0 unspecified atom stereocenters. The first kappa shape index (κ1) is 17.5. The van der Waals surface area contributed by atoms with Gasteiger partial charge in [0, 0.05) is 30.9 Å². The fraction of sp³-hybridized carbons (Fsp3) is 0.158. The molecule has 0 aliphatic heterocycles. The highest BCUT2D eigenvalue weighted by molar-refractivity contribution is 5.97. The summed E-state index contributed by atoms with van der Waals surface area (Å²) in [5.74, 6) is 1.78. The number of hydrogen-bond donors (Lipinski definition) is 2. The number of para-hydroxylation sites is 1. The maximum Gasteiger partial charge on any atom is 0.287 e. The summed E-state index contributed by atoms with van der Waals surface area (Å²) in [6, 6.07) is 12.6. The van der Waals surface area contributed by atoms with Crippen LogP contribution in [0.25, 0.3) is 16.8 Å². The van der Waals surface area contributed by atoms with Gasteiger partial charge in [0.05, 0.1) is 7.11 Å². The van der Waals surface area contributed by atoms with Gasteiger partial charge in [0.1, 0.15) is 5.82 Å². The van der Waals surface area contributed by atoms with E-state index in [0.29, 0.717) is 36.1 Å². The standard InChI is InChI=1S/C19H18N6O3/c1-27-14-5-2-4-13-12-15(28-18(13)14)19(26)21-10-9-20-16-6-7-17(24-23-16)25-11-3-8-22-25/h2-8,11-12H,9-10H2,1H3,(H,20,23)(H,21,26). The molecule has 0 spiro atoms. The Labute approximate surface area is 160 Å². The number of furan rings is 1. The van der Waals surface area contributed by atoms with Gasteiger partial charge in [-0.2, -0.15) is 5.10 Å². The summed E-state index contributed by atoms with van der Waals surface area (Å²) in [6.07, 6.45) is 3.47. The smallest absolute Gasteiger partial charge is 0.287 e. The number of methoxy groups -OCH3 is 1. The van der Waals surface area contributed by atoms with Crippen LogP contribution in [0.1, 0.15) is 10.6 Å². The first-order valence-electron chi connectivity index (χ1n) is 8.67. The number of anilines is 1. The van der Waals surface area contributed by atoms with Crippen molar-refractivity contribution in [2.45, 2.75) is 0 Å². The Balaban J connectivity index is 1.30. The van der Waals surface area contributed by atoms with Crippen LogP contribution >= 0.6 is 0 Å². The van der Waals surface area contributed by atoms with Crippen molar-refractivity contribution in [2.24, 2.45) is 0 Å². The van der Waals surface area contributed by atoms with Gasteiger partial charge in [-0.3, -0.25) is 4.79 Å². The summed E-state index contributed by atoms with van der Waals surface area (Å²) in [7, 11) is 1.56. The second-order valence-electron chi connectivity index (χ2n) is 5.90. The number of nitrogens with one attached hydrogen (secondary N) is 2. The lowest BCUT2D eigenvalue weighted by molar-refractivity contribution is 0.0929. The summed E-state index contributed by atoms with van der Waals surface area (Å²) in [4.78, 5) is 12.3. The molecule has 0 radical (unpaired) electrons.